The Hall–Kier alpha value is -2.03. The van der Waals surface area contributed by atoms with Crippen molar-refractivity contribution < 1.29 is 0 Å². The first-order chi connectivity index (χ1) is 5.65. The molecule has 0 saturated heterocycles. The van der Waals surface area contributed by atoms with E-state index in [4.69, 9.17) is 0 Å². The maximum absolute atomic E-state index is 10.8. The number of hydrogen-bond donors (Lipinski definition) is 2. The van der Waals surface area contributed by atoms with Crippen molar-refractivity contribution >= 4 is 0 Å². The molecule has 0 atom stereocenters. The third-order valence-electron chi connectivity index (χ3n) is 1.07. The highest BCUT2D eigenvalue weighted by Crippen LogP contribution is 1.53. The van der Waals surface area contributed by atoms with Crippen LogP contribution >= 0.6 is 0 Å². The molecule has 1 aromatic heterocycles. The van der Waals surface area contributed by atoms with Gasteiger partial charge in [-0.05, 0) is 6.92 Å². The van der Waals surface area contributed by atoms with Gasteiger partial charge >= 0.3 is 17.1 Å². The molecule has 62 valence electrons. The fraction of sp³-hybridized carbons (Fsp3) is 0.167. The largest absolute Gasteiger partial charge is 0.345 e. The predicted molar refractivity (Wildman–Crippen MR) is 40.8 cm³/mol. The van der Waals surface area contributed by atoms with Gasteiger partial charge < -0.3 is 0 Å². The minimum absolute atomic E-state index is 0.585. The highest BCUT2D eigenvalue weighted by Gasteiger charge is 1.97. The van der Waals surface area contributed by atoms with Gasteiger partial charge in [0.15, 0.2) is 0 Å². The summed E-state index contributed by atoms with van der Waals surface area (Å²) in [6.45, 7) is 1.47. The van der Waals surface area contributed by atoms with Crippen LogP contribution < -0.4 is 17.1 Å². The van der Waals surface area contributed by atoms with Gasteiger partial charge in [-0.3, -0.25) is 9.97 Å². The molecule has 6 nitrogen and oxygen atoms in total. The molecule has 6 heteroatoms. The summed E-state index contributed by atoms with van der Waals surface area (Å²) in [6, 6.07) is 2.21. The summed E-state index contributed by atoms with van der Waals surface area (Å²) in [4.78, 5) is 35.9. The molecular formula is C6H5N3O3. The van der Waals surface area contributed by atoms with Crippen LogP contribution in [0, 0.1) is 12.0 Å². The number of nitrogens with zero attached hydrogens (tertiary/aromatic N) is 1. The van der Waals surface area contributed by atoms with Crippen molar-refractivity contribution in [3.05, 3.63) is 31.5 Å². The van der Waals surface area contributed by atoms with Crippen LogP contribution in [0.3, 0.4) is 0 Å². The summed E-state index contributed by atoms with van der Waals surface area (Å²) >= 11 is 0. The van der Waals surface area contributed by atoms with Crippen molar-refractivity contribution in [3.63, 3.8) is 0 Å². The Kier molecular flexibility index (Phi) is 1.96. The minimum atomic E-state index is -0.835. The number of aromatic nitrogens is 3. The Labute approximate surface area is 65.9 Å². The molecule has 0 fully saturated rings. The molecule has 0 aliphatic carbocycles. The number of hydrogen-bond acceptors (Lipinski definition) is 3. The van der Waals surface area contributed by atoms with Gasteiger partial charge in [-0.25, -0.2) is 14.4 Å². The Morgan fingerprint density at radius 2 is 1.67 bits per heavy atom. The van der Waals surface area contributed by atoms with Crippen LogP contribution in [-0.4, -0.2) is 14.5 Å². The third kappa shape index (κ3) is 1.34. The summed E-state index contributed by atoms with van der Waals surface area (Å²) in [5.41, 5.74) is -2.50. The van der Waals surface area contributed by atoms with E-state index in [-0.39, 0.29) is 0 Å². The SMILES string of the molecule is CC#Cn1c(=O)[nH]c(=O)[nH]c1=O. The highest BCUT2D eigenvalue weighted by atomic mass is 16.2. The van der Waals surface area contributed by atoms with Gasteiger partial charge in [0.05, 0.1) is 0 Å². The van der Waals surface area contributed by atoms with Crippen molar-refractivity contribution in [3.8, 4) is 12.0 Å². The van der Waals surface area contributed by atoms with Crippen molar-refractivity contribution in [2.24, 2.45) is 0 Å². The summed E-state index contributed by atoms with van der Waals surface area (Å²) in [5.74, 6) is 2.36. The van der Waals surface area contributed by atoms with Crippen LogP contribution in [0.25, 0.3) is 0 Å². The van der Waals surface area contributed by atoms with Crippen LogP contribution in [0.2, 0.25) is 0 Å². The highest BCUT2D eigenvalue weighted by molar-refractivity contribution is 4.98. The second-order valence-corrected chi connectivity index (χ2v) is 1.89. The van der Waals surface area contributed by atoms with E-state index in [1.807, 2.05) is 9.97 Å². The fourth-order valence-corrected chi connectivity index (χ4v) is 0.643. The zero-order valence-electron chi connectivity index (χ0n) is 6.17. The first-order valence-electron chi connectivity index (χ1n) is 3.03. The Morgan fingerprint density at radius 1 is 1.17 bits per heavy atom. The molecule has 0 bridgehead atoms. The standard InChI is InChI=1S/C6H5N3O3/c1-2-3-9-5(11)7-4(10)8-6(9)12/h1H3,(H2,7,8,10,11,12). The minimum Gasteiger partial charge on any atom is -0.258 e. The van der Waals surface area contributed by atoms with Crippen LogP contribution in [0.15, 0.2) is 14.4 Å². The first kappa shape index (κ1) is 8.07. The molecule has 1 heterocycles. The average Bonchev–Trinajstić information content (AvgIpc) is 1.96. The number of rotatable bonds is 0. The zero-order chi connectivity index (χ0) is 9.14. The van der Waals surface area contributed by atoms with Crippen LogP contribution in [0.5, 0.6) is 0 Å². The van der Waals surface area contributed by atoms with E-state index in [1.54, 1.807) is 0 Å². The fourth-order valence-electron chi connectivity index (χ4n) is 0.643. The molecule has 2 N–H and O–H groups in total. The first-order valence-corrected chi connectivity index (χ1v) is 3.03. The van der Waals surface area contributed by atoms with E-state index >= 15 is 0 Å². The van der Waals surface area contributed by atoms with Gasteiger partial charge in [-0.2, -0.15) is 4.57 Å². The molecular weight excluding hydrogens is 162 g/mol. The monoisotopic (exact) mass is 167 g/mol. The molecule has 0 spiro atoms. The lowest BCUT2D eigenvalue weighted by Gasteiger charge is -1.88. The lowest BCUT2D eigenvalue weighted by Crippen LogP contribution is -2.41. The number of aromatic amines is 2. The van der Waals surface area contributed by atoms with E-state index in [0.717, 1.165) is 0 Å². The lowest BCUT2D eigenvalue weighted by atomic mass is 10.7. The summed E-state index contributed by atoms with van der Waals surface area (Å²) in [5, 5.41) is 0. The molecule has 0 aromatic carbocycles. The van der Waals surface area contributed by atoms with Gasteiger partial charge in [0, 0.05) is 6.04 Å². The second kappa shape index (κ2) is 2.92. The molecule has 0 radical (unpaired) electrons. The number of H-pyrrole nitrogens is 2. The normalized spacial score (nSPS) is 8.75. The van der Waals surface area contributed by atoms with Gasteiger partial charge in [-0.1, -0.05) is 5.92 Å². The van der Waals surface area contributed by atoms with Gasteiger partial charge in [0.25, 0.3) is 0 Å². The van der Waals surface area contributed by atoms with Crippen LogP contribution in [-0.2, 0) is 0 Å². The van der Waals surface area contributed by atoms with Crippen molar-refractivity contribution in [2.45, 2.75) is 6.92 Å². The van der Waals surface area contributed by atoms with Gasteiger partial charge in [0.2, 0.25) is 0 Å². The van der Waals surface area contributed by atoms with E-state index in [1.165, 1.54) is 6.92 Å². The zero-order valence-corrected chi connectivity index (χ0v) is 6.17. The molecule has 0 amide bonds. The van der Waals surface area contributed by atoms with Crippen molar-refractivity contribution in [2.75, 3.05) is 0 Å². The van der Waals surface area contributed by atoms with Gasteiger partial charge in [0.1, 0.15) is 0 Å². The summed E-state index contributed by atoms with van der Waals surface area (Å²) in [6.07, 6.45) is 0. The van der Waals surface area contributed by atoms with E-state index in [2.05, 4.69) is 12.0 Å². The topological polar surface area (TPSA) is 87.7 Å². The number of nitrogens with one attached hydrogen (secondary N) is 2. The van der Waals surface area contributed by atoms with Gasteiger partial charge in [-0.15, -0.1) is 0 Å². The smallest absolute Gasteiger partial charge is 0.258 e. The van der Waals surface area contributed by atoms with Crippen LogP contribution in [0.4, 0.5) is 0 Å². The molecule has 1 aromatic rings. The molecule has 0 unspecified atom stereocenters. The Morgan fingerprint density at radius 3 is 2.08 bits per heavy atom. The molecule has 0 saturated carbocycles. The van der Waals surface area contributed by atoms with Crippen molar-refractivity contribution in [1.82, 2.24) is 14.5 Å². The second-order valence-electron chi connectivity index (χ2n) is 1.89. The van der Waals surface area contributed by atoms with Crippen molar-refractivity contribution in [1.29, 1.82) is 0 Å². The average molecular weight is 167 g/mol. The Bertz CT molecular complexity index is 473. The lowest BCUT2D eigenvalue weighted by molar-refractivity contribution is 0.803. The van der Waals surface area contributed by atoms with E-state index in [9.17, 15) is 14.4 Å². The van der Waals surface area contributed by atoms with Crippen LogP contribution in [0.1, 0.15) is 6.92 Å². The molecule has 1 rings (SSSR count). The maximum atomic E-state index is 10.8. The van der Waals surface area contributed by atoms with E-state index < -0.39 is 17.1 Å². The summed E-state index contributed by atoms with van der Waals surface area (Å²) < 4.78 is 0.585. The third-order valence-corrected chi connectivity index (χ3v) is 1.07. The Balaban J connectivity index is 3.69. The predicted octanol–water partition coefficient (Wildman–Crippen LogP) is -1.95. The quantitative estimate of drug-likeness (QED) is 0.440. The molecule has 0 aliphatic rings. The maximum Gasteiger partial charge on any atom is 0.345 e. The molecule has 0 aliphatic heterocycles. The molecule has 12 heavy (non-hydrogen) atoms. The van der Waals surface area contributed by atoms with E-state index in [0.29, 0.717) is 4.57 Å². The summed E-state index contributed by atoms with van der Waals surface area (Å²) in [7, 11) is 0.